The molecule has 0 aliphatic carbocycles. The molecule has 50 valence electrons. The van der Waals surface area contributed by atoms with E-state index < -0.39 is 0 Å². The number of halogens is 1. The molecular formula is C3H5IN4O. The van der Waals surface area contributed by atoms with Crippen LogP contribution >= 0.6 is 23.0 Å². The van der Waals surface area contributed by atoms with Gasteiger partial charge in [-0.1, -0.05) is 0 Å². The Morgan fingerprint density at radius 1 is 1.67 bits per heavy atom. The number of tetrazole rings is 1. The van der Waals surface area contributed by atoms with Crippen LogP contribution in [0.2, 0.25) is 0 Å². The highest BCUT2D eigenvalue weighted by Gasteiger charge is 1.88. The van der Waals surface area contributed by atoms with Crippen molar-refractivity contribution in [1.29, 1.82) is 0 Å². The predicted molar refractivity (Wildman–Crippen MR) is 37.8 cm³/mol. The molecule has 1 heterocycles. The van der Waals surface area contributed by atoms with Crippen LogP contribution in [0.4, 0.5) is 0 Å². The van der Waals surface area contributed by atoms with Crippen LogP contribution in [0.25, 0.3) is 0 Å². The van der Waals surface area contributed by atoms with Crippen LogP contribution in [-0.2, 0) is 9.61 Å². The number of hydrogen-bond acceptors (Lipinski definition) is 4. The largest absolute Gasteiger partial charge is 0.314 e. The molecule has 0 aromatic carbocycles. The van der Waals surface area contributed by atoms with Gasteiger partial charge in [0.15, 0.2) is 0 Å². The number of hydrogen-bond donors (Lipinski definition) is 0. The molecule has 1 aromatic rings. The summed E-state index contributed by atoms with van der Waals surface area (Å²) >= 11 is 1.83. The van der Waals surface area contributed by atoms with E-state index in [2.05, 4.69) is 15.5 Å². The molecular weight excluding hydrogens is 235 g/mol. The summed E-state index contributed by atoms with van der Waals surface area (Å²) in [6.45, 7) is 1.33. The zero-order valence-corrected chi connectivity index (χ0v) is 6.72. The first-order valence-corrected chi connectivity index (χ1v) is 3.26. The summed E-state index contributed by atoms with van der Waals surface area (Å²) in [6.07, 6.45) is 1.55. The summed E-state index contributed by atoms with van der Waals surface area (Å²) in [4.78, 5) is 0. The van der Waals surface area contributed by atoms with Gasteiger partial charge in [-0.15, -0.1) is 5.10 Å². The van der Waals surface area contributed by atoms with Crippen molar-refractivity contribution in [2.75, 3.05) is 6.61 Å². The van der Waals surface area contributed by atoms with Crippen LogP contribution in [0.15, 0.2) is 6.33 Å². The van der Waals surface area contributed by atoms with E-state index in [1.54, 1.807) is 11.0 Å². The normalized spacial score (nSPS) is 9.89. The molecule has 0 saturated heterocycles. The fraction of sp³-hybridized carbons (Fsp3) is 0.667. The minimum atomic E-state index is 0.631. The molecule has 0 atom stereocenters. The van der Waals surface area contributed by atoms with Gasteiger partial charge in [0.2, 0.25) is 0 Å². The lowest BCUT2D eigenvalue weighted by Gasteiger charge is -1.92. The van der Waals surface area contributed by atoms with Crippen LogP contribution in [0.3, 0.4) is 0 Å². The molecule has 1 rings (SSSR count). The summed E-state index contributed by atoms with van der Waals surface area (Å²) in [5.41, 5.74) is 0. The van der Waals surface area contributed by atoms with Gasteiger partial charge in [-0.2, -0.15) is 0 Å². The second kappa shape index (κ2) is 3.72. The third-order valence-corrected chi connectivity index (χ3v) is 1.23. The molecule has 0 unspecified atom stereocenters. The van der Waals surface area contributed by atoms with Crippen molar-refractivity contribution in [1.82, 2.24) is 20.2 Å². The molecule has 0 saturated carbocycles. The van der Waals surface area contributed by atoms with Gasteiger partial charge in [0.05, 0.1) is 13.2 Å². The zero-order valence-electron chi connectivity index (χ0n) is 4.57. The van der Waals surface area contributed by atoms with E-state index in [1.807, 2.05) is 23.0 Å². The first-order chi connectivity index (χ1) is 4.43. The Morgan fingerprint density at radius 3 is 3.11 bits per heavy atom. The van der Waals surface area contributed by atoms with Gasteiger partial charge in [-0.05, 0) is 10.4 Å². The van der Waals surface area contributed by atoms with Crippen LogP contribution in [0.1, 0.15) is 0 Å². The zero-order chi connectivity index (χ0) is 6.53. The molecule has 0 fully saturated rings. The van der Waals surface area contributed by atoms with Crippen molar-refractivity contribution in [2.24, 2.45) is 0 Å². The van der Waals surface area contributed by atoms with E-state index in [9.17, 15) is 0 Å². The Kier molecular flexibility index (Phi) is 2.84. The SMILES string of the molecule is IOCCn1cnnn1. The van der Waals surface area contributed by atoms with Gasteiger partial charge < -0.3 is 3.07 Å². The first-order valence-electron chi connectivity index (χ1n) is 2.38. The van der Waals surface area contributed by atoms with E-state index in [0.29, 0.717) is 13.2 Å². The molecule has 0 radical (unpaired) electrons. The molecule has 0 amide bonds. The molecule has 0 spiro atoms. The van der Waals surface area contributed by atoms with E-state index in [-0.39, 0.29) is 0 Å². The highest BCUT2D eigenvalue weighted by atomic mass is 127. The van der Waals surface area contributed by atoms with Gasteiger partial charge in [0.25, 0.3) is 0 Å². The fourth-order valence-electron chi connectivity index (χ4n) is 0.411. The van der Waals surface area contributed by atoms with Gasteiger partial charge in [0, 0.05) is 0 Å². The van der Waals surface area contributed by atoms with Crippen LogP contribution in [0.5, 0.6) is 0 Å². The van der Waals surface area contributed by atoms with E-state index in [1.165, 1.54) is 0 Å². The summed E-state index contributed by atoms with van der Waals surface area (Å²) in [5, 5.41) is 10.5. The van der Waals surface area contributed by atoms with E-state index in [0.717, 1.165) is 0 Å². The number of aromatic nitrogens is 4. The van der Waals surface area contributed by atoms with Crippen molar-refractivity contribution >= 4 is 23.0 Å². The van der Waals surface area contributed by atoms with Crippen LogP contribution < -0.4 is 0 Å². The van der Waals surface area contributed by atoms with E-state index >= 15 is 0 Å². The number of rotatable bonds is 3. The maximum absolute atomic E-state index is 4.77. The van der Waals surface area contributed by atoms with Gasteiger partial charge >= 0.3 is 0 Å². The van der Waals surface area contributed by atoms with Crippen molar-refractivity contribution in [3.63, 3.8) is 0 Å². The van der Waals surface area contributed by atoms with Gasteiger partial charge in [0.1, 0.15) is 29.3 Å². The highest BCUT2D eigenvalue weighted by molar-refractivity contribution is 14.1. The van der Waals surface area contributed by atoms with Crippen molar-refractivity contribution < 1.29 is 3.07 Å². The maximum Gasteiger partial charge on any atom is 0.138 e. The quantitative estimate of drug-likeness (QED) is 0.700. The summed E-state index contributed by atoms with van der Waals surface area (Å²) in [5.74, 6) is 0. The standard InChI is InChI=1S/C3H5IN4O/c4-9-2-1-8-3-5-6-7-8/h3H,1-2H2. The minimum Gasteiger partial charge on any atom is -0.314 e. The van der Waals surface area contributed by atoms with E-state index in [4.69, 9.17) is 3.07 Å². The third kappa shape index (κ3) is 2.22. The Morgan fingerprint density at radius 2 is 2.56 bits per heavy atom. The molecule has 5 nitrogen and oxygen atoms in total. The van der Waals surface area contributed by atoms with Crippen molar-refractivity contribution in [2.45, 2.75) is 6.54 Å². The van der Waals surface area contributed by atoms with Crippen molar-refractivity contribution in [3.05, 3.63) is 6.33 Å². The highest BCUT2D eigenvalue weighted by Crippen LogP contribution is 1.85. The summed E-state index contributed by atoms with van der Waals surface area (Å²) in [6, 6.07) is 0. The minimum absolute atomic E-state index is 0.631. The lowest BCUT2D eigenvalue weighted by Crippen LogP contribution is -2.02. The molecule has 0 N–H and O–H groups in total. The molecule has 0 aliphatic rings. The molecule has 0 bridgehead atoms. The Balaban J connectivity index is 2.30. The molecule has 6 heteroatoms. The molecule has 0 aliphatic heterocycles. The lowest BCUT2D eigenvalue weighted by molar-refractivity contribution is 0.376. The second-order valence-corrected chi connectivity index (χ2v) is 2.01. The average molecular weight is 240 g/mol. The lowest BCUT2D eigenvalue weighted by atomic mass is 10.7. The van der Waals surface area contributed by atoms with Gasteiger partial charge in [-0.3, -0.25) is 0 Å². The third-order valence-electron chi connectivity index (χ3n) is 0.789. The Hall–Kier alpha value is -0.240. The Labute approximate surface area is 66.1 Å². The smallest absolute Gasteiger partial charge is 0.138 e. The second-order valence-electron chi connectivity index (χ2n) is 1.39. The Bertz CT molecular complexity index is 153. The van der Waals surface area contributed by atoms with Crippen molar-refractivity contribution in [3.8, 4) is 0 Å². The first kappa shape index (κ1) is 6.87. The predicted octanol–water partition coefficient (Wildman–Crippen LogP) is 0.0397. The molecule has 9 heavy (non-hydrogen) atoms. The molecule has 1 aromatic heterocycles. The topological polar surface area (TPSA) is 52.8 Å². The maximum atomic E-state index is 4.77. The average Bonchev–Trinajstić information content (AvgIpc) is 2.34. The monoisotopic (exact) mass is 240 g/mol. The van der Waals surface area contributed by atoms with Crippen LogP contribution in [-0.4, -0.2) is 26.8 Å². The fourth-order valence-corrected chi connectivity index (χ4v) is 0.608. The van der Waals surface area contributed by atoms with Crippen LogP contribution in [0, 0.1) is 0 Å². The number of nitrogens with zero attached hydrogens (tertiary/aromatic N) is 4. The van der Waals surface area contributed by atoms with Gasteiger partial charge in [-0.25, -0.2) is 4.68 Å². The summed E-state index contributed by atoms with van der Waals surface area (Å²) in [7, 11) is 0. The summed E-state index contributed by atoms with van der Waals surface area (Å²) < 4.78 is 6.38.